The van der Waals surface area contributed by atoms with Crippen molar-refractivity contribution in [3.8, 4) is 22.5 Å². The van der Waals surface area contributed by atoms with Crippen LogP contribution in [0.5, 0.6) is 0 Å². The van der Waals surface area contributed by atoms with Crippen LogP contribution in [0.3, 0.4) is 0 Å². The highest BCUT2D eigenvalue weighted by molar-refractivity contribution is 14.1. The SMILES string of the molecule is Cc1ccc(-c2cc3c(=O)n(C4COCC4OI)cnc3c(-c3cccnc3)n2)cc1. The number of hydrogen-bond donors (Lipinski definition) is 0. The third kappa shape index (κ3) is 3.75. The van der Waals surface area contributed by atoms with Crippen LogP contribution in [0.1, 0.15) is 11.6 Å². The Morgan fingerprint density at radius 2 is 2.00 bits per heavy atom. The third-order valence-electron chi connectivity index (χ3n) is 5.52. The first-order valence-corrected chi connectivity index (χ1v) is 10.8. The first-order chi connectivity index (χ1) is 15.2. The van der Waals surface area contributed by atoms with Crippen molar-refractivity contribution in [1.29, 1.82) is 0 Å². The van der Waals surface area contributed by atoms with E-state index in [0.717, 1.165) is 16.7 Å². The van der Waals surface area contributed by atoms with Crippen molar-refractivity contribution in [1.82, 2.24) is 19.5 Å². The minimum atomic E-state index is -0.223. The van der Waals surface area contributed by atoms with Gasteiger partial charge in [-0.1, -0.05) is 29.8 Å². The zero-order chi connectivity index (χ0) is 21.4. The van der Waals surface area contributed by atoms with Crippen LogP contribution in [0, 0.1) is 6.92 Å². The third-order valence-corrected chi connectivity index (χ3v) is 6.18. The highest BCUT2D eigenvalue weighted by atomic mass is 127. The molecule has 0 amide bonds. The second kappa shape index (κ2) is 8.45. The Balaban J connectivity index is 1.76. The van der Waals surface area contributed by atoms with Gasteiger partial charge in [0.05, 0.1) is 42.4 Å². The molecule has 2 unspecified atom stereocenters. The molecule has 1 aliphatic heterocycles. The van der Waals surface area contributed by atoms with Crippen LogP contribution < -0.4 is 5.56 Å². The quantitative estimate of drug-likeness (QED) is 0.372. The van der Waals surface area contributed by atoms with Crippen molar-refractivity contribution in [2.75, 3.05) is 13.2 Å². The first kappa shape index (κ1) is 20.2. The maximum absolute atomic E-state index is 13.6. The summed E-state index contributed by atoms with van der Waals surface area (Å²) in [6.45, 7) is 2.90. The highest BCUT2D eigenvalue weighted by Gasteiger charge is 2.32. The molecule has 0 aliphatic carbocycles. The second-order valence-corrected chi connectivity index (χ2v) is 8.06. The Hall–Kier alpha value is -2.69. The highest BCUT2D eigenvalue weighted by Crippen LogP contribution is 2.29. The number of hydrogen-bond acceptors (Lipinski definition) is 6. The van der Waals surface area contributed by atoms with Gasteiger partial charge in [-0.15, -0.1) is 0 Å². The lowest BCUT2D eigenvalue weighted by molar-refractivity contribution is 0.164. The fourth-order valence-corrected chi connectivity index (χ4v) is 4.31. The van der Waals surface area contributed by atoms with E-state index in [1.807, 2.05) is 72.4 Å². The Bertz CT molecular complexity index is 1290. The molecule has 0 saturated carbocycles. The molecule has 1 fully saturated rings. The number of pyridine rings is 2. The van der Waals surface area contributed by atoms with E-state index < -0.39 is 0 Å². The molecule has 5 rings (SSSR count). The lowest BCUT2D eigenvalue weighted by atomic mass is 10.0. The summed E-state index contributed by atoms with van der Waals surface area (Å²) in [5.41, 5.74) is 4.67. The molecule has 156 valence electrons. The summed E-state index contributed by atoms with van der Waals surface area (Å²) >= 11 is 1.86. The summed E-state index contributed by atoms with van der Waals surface area (Å²) in [7, 11) is 0. The fraction of sp³-hybridized carbons (Fsp3) is 0.217. The standard InChI is InChI=1S/C23H19IN4O3/c1-14-4-6-15(7-5-14)18-9-17-22(21(27-18)16-3-2-8-25-10-16)26-13-28(23(17)29)19-11-30-12-20(19)31-24/h2-10,13,19-20H,11-12H2,1H3. The summed E-state index contributed by atoms with van der Waals surface area (Å²) in [5.74, 6) is 0. The zero-order valence-electron chi connectivity index (χ0n) is 16.7. The van der Waals surface area contributed by atoms with E-state index in [4.69, 9.17) is 12.8 Å². The molecule has 0 spiro atoms. The average Bonchev–Trinajstić information content (AvgIpc) is 3.28. The minimum absolute atomic E-state index is 0.139. The van der Waals surface area contributed by atoms with Gasteiger partial charge in [-0.3, -0.25) is 14.3 Å². The monoisotopic (exact) mass is 526 g/mol. The van der Waals surface area contributed by atoms with E-state index in [2.05, 4.69) is 9.97 Å². The van der Waals surface area contributed by atoms with E-state index in [9.17, 15) is 4.79 Å². The molecule has 0 radical (unpaired) electrons. The van der Waals surface area contributed by atoms with Crippen LogP contribution in [0.4, 0.5) is 0 Å². The van der Waals surface area contributed by atoms with Crippen LogP contribution in [-0.4, -0.2) is 38.8 Å². The van der Waals surface area contributed by atoms with Gasteiger partial charge in [0, 0.05) is 23.5 Å². The van der Waals surface area contributed by atoms with E-state index >= 15 is 0 Å². The number of ether oxygens (including phenoxy) is 1. The van der Waals surface area contributed by atoms with Gasteiger partial charge in [-0.25, -0.2) is 9.97 Å². The van der Waals surface area contributed by atoms with Crippen molar-refractivity contribution >= 4 is 33.9 Å². The number of fused-ring (bicyclic) bond motifs is 1. The van der Waals surface area contributed by atoms with Gasteiger partial charge in [-0.05, 0) is 25.1 Å². The fourth-order valence-electron chi connectivity index (χ4n) is 3.82. The molecule has 8 heteroatoms. The maximum Gasteiger partial charge on any atom is 0.261 e. The number of rotatable bonds is 4. The smallest absolute Gasteiger partial charge is 0.261 e. The predicted molar refractivity (Wildman–Crippen MR) is 126 cm³/mol. The Morgan fingerprint density at radius 1 is 1.16 bits per heavy atom. The molecule has 1 aromatic carbocycles. The summed E-state index contributed by atoms with van der Waals surface area (Å²) < 4.78 is 12.6. The van der Waals surface area contributed by atoms with E-state index in [0.29, 0.717) is 35.5 Å². The summed E-state index contributed by atoms with van der Waals surface area (Å²) in [6.07, 6.45) is 4.81. The largest absolute Gasteiger partial charge is 0.376 e. The zero-order valence-corrected chi connectivity index (χ0v) is 18.9. The molecule has 4 heterocycles. The van der Waals surface area contributed by atoms with Gasteiger partial charge >= 0.3 is 0 Å². The molecular weight excluding hydrogens is 507 g/mol. The number of aryl methyl sites for hydroxylation is 1. The second-order valence-electron chi connectivity index (χ2n) is 7.55. The van der Waals surface area contributed by atoms with E-state index in [1.165, 1.54) is 0 Å². The molecule has 3 aromatic heterocycles. The minimum Gasteiger partial charge on any atom is -0.376 e. The van der Waals surface area contributed by atoms with Gasteiger partial charge in [0.2, 0.25) is 0 Å². The Morgan fingerprint density at radius 3 is 2.74 bits per heavy atom. The lowest BCUT2D eigenvalue weighted by Crippen LogP contribution is -2.32. The normalized spacial score (nSPS) is 18.5. The van der Waals surface area contributed by atoms with Gasteiger partial charge in [0.1, 0.15) is 34.6 Å². The molecule has 0 N–H and O–H groups in total. The number of nitrogens with zero attached hydrogens (tertiary/aromatic N) is 4. The number of halogens is 1. The maximum atomic E-state index is 13.6. The molecule has 7 nitrogen and oxygen atoms in total. The van der Waals surface area contributed by atoms with Crippen molar-refractivity contribution in [2.24, 2.45) is 0 Å². The van der Waals surface area contributed by atoms with Gasteiger partial charge in [0.15, 0.2) is 0 Å². The molecule has 0 bridgehead atoms. The summed E-state index contributed by atoms with van der Waals surface area (Å²) in [4.78, 5) is 27.3. The summed E-state index contributed by atoms with van der Waals surface area (Å²) in [5, 5.41) is 0.506. The van der Waals surface area contributed by atoms with Crippen molar-refractivity contribution in [3.05, 3.63) is 77.1 Å². The summed E-state index contributed by atoms with van der Waals surface area (Å²) in [6, 6.07) is 13.5. The van der Waals surface area contributed by atoms with E-state index in [1.54, 1.807) is 23.3 Å². The number of aromatic nitrogens is 4. The van der Waals surface area contributed by atoms with Crippen molar-refractivity contribution in [3.63, 3.8) is 0 Å². The predicted octanol–water partition coefficient (Wildman–Crippen LogP) is 4.14. The van der Waals surface area contributed by atoms with Crippen LogP contribution in [0.15, 0.2) is 66.0 Å². The molecule has 1 aliphatic rings. The molecule has 31 heavy (non-hydrogen) atoms. The van der Waals surface area contributed by atoms with Crippen LogP contribution in [-0.2, 0) is 7.80 Å². The van der Waals surface area contributed by atoms with Gasteiger partial charge in [-0.2, -0.15) is 0 Å². The van der Waals surface area contributed by atoms with Crippen LogP contribution >= 0.6 is 23.0 Å². The molecule has 2 atom stereocenters. The van der Waals surface area contributed by atoms with E-state index in [-0.39, 0.29) is 17.7 Å². The Labute approximate surface area is 192 Å². The van der Waals surface area contributed by atoms with Crippen molar-refractivity contribution < 1.29 is 7.80 Å². The molecular formula is C23H19IN4O3. The van der Waals surface area contributed by atoms with Crippen LogP contribution in [0.25, 0.3) is 33.4 Å². The molecule has 1 saturated heterocycles. The lowest BCUT2D eigenvalue weighted by Gasteiger charge is -2.18. The van der Waals surface area contributed by atoms with Gasteiger partial charge in [0.25, 0.3) is 5.56 Å². The van der Waals surface area contributed by atoms with Crippen molar-refractivity contribution in [2.45, 2.75) is 19.1 Å². The Kier molecular flexibility index (Phi) is 5.51. The molecule has 4 aromatic rings. The number of benzene rings is 1. The van der Waals surface area contributed by atoms with Gasteiger partial charge < -0.3 is 7.80 Å². The average molecular weight is 526 g/mol. The topological polar surface area (TPSA) is 79.1 Å². The first-order valence-electron chi connectivity index (χ1n) is 9.90. The van der Waals surface area contributed by atoms with Crippen LogP contribution in [0.2, 0.25) is 0 Å².